The number of carbonyl (C=O) groups excluding carboxylic acids is 1. The van der Waals surface area contributed by atoms with Gasteiger partial charge in [0.05, 0.1) is 0 Å². The first-order chi connectivity index (χ1) is 9.20. The summed E-state index contributed by atoms with van der Waals surface area (Å²) in [5.41, 5.74) is 0.737. The molecule has 0 fully saturated rings. The molecule has 112 valence electrons. The molecule has 5 nitrogen and oxygen atoms in total. The quantitative estimate of drug-likeness (QED) is 0.815. The van der Waals surface area contributed by atoms with Gasteiger partial charge in [-0.05, 0) is 30.5 Å². The van der Waals surface area contributed by atoms with Crippen LogP contribution < -0.4 is 10.1 Å². The summed E-state index contributed by atoms with van der Waals surface area (Å²) in [6.45, 7) is 5.97. The van der Waals surface area contributed by atoms with Crippen LogP contribution in [0.3, 0.4) is 0 Å². The summed E-state index contributed by atoms with van der Waals surface area (Å²) in [5, 5.41) is 2.68. The van der Waals surface area contributed by atoms with Gasteiger partial charge in [0.15, 0.2) is 6.61 Å². The molecule has 20 heavy (non-hydrogen) atoms. The SMILES string of the molecule is Cc1ccc(OCC(=O)NCC(C)C)c(S(=O)(=O)Cl)c1. The normalized spacial score (nSPS) is 11.4. The monoisotopic (exact) mass is 319 g/mol. The maximum absolute atomic E-state index is 11.5. The van der Waals surface area contributed by atoms with Crippen molar-refractivity contribution in [2.75, 3.05) is 13.2 Å². The Morgan fingerprint density at radius 3 is 2.60 bits per heavy atom. The lowest BCUT2D eigenvalue weighted by Crippen LogP contribution is -2.31. The van der Waals surface area contributed by atoms with E-state index in [1.165, 1.54) is 12.1 Å². The van der Waals surface area contributed by atoms with Crippen LogP contribution in [-0.2, 0) is 13.8 Å². The summed E-state index contributed by atoms with van der Waals surface area (Å²) in [6.07, 6.45) is 0. The number of benzene rings is 1. The molecule has 1 amide bonds. The fourth-order valence-electron chi connectivity index (χ4n) is 1.44. The van der Waals surface area contributed by atoms with Crippen molar-refractivity contribution in [3.05, 3.63) is 23.8 Å². The Kier molecular flexibility index (Phi) is 5.83. The molecule has 0 radical (unpaired) electrons. The van der Waals surface area contributed by atoms with Crippen LogP contribution >= 0.6 is 10.7 Å². The molecule has 0 saturated carbocycles. The molecule has 1 rings (SSSR count). The number of rotatable bonds is 6. The van der Waals surface area contributed by atoms with E-state index in [4.69, 9.17) is 15.4 Å². The lowest BCUT2D eigenvalue weighted by Gasteiger charge is -2.11. The van der Waals surface area contributed by atoms with Crippen molar-refractivity contribution in [3.8, 4) is 5.75 Å². The van der Waals surface area contributed by atoms with E-state index in [1.807, 2.05) is 13.8 Å². The largest absolute Gasteiger partial charge is 0.482 e. The van der Waals surface area contributed by atoms with Gasteiger partial charge in [0.1, 0.15) is 10.6 Å². The Hall–Kier alpha value is -1.27. The van der Waals surface area contributed by atoms with Crippen LogP contribution in [0.2, 0.25) is 0 Å². The Balaban J connectivity index is 2.76. The molecule has 0 saturated heterocycles. The minimum atomic E-state index is -3.91. The summed E-state index contributed by atoms with van der Waals surface area (Å²) < 4.78 is 28.1. The molecule has 7 heteroatoms. The highest BCUT2D eigenvalue weighted by molar-refractivity contribution is 8.13. The fraction of sp³-hybridized carbons (Fsp3) is 0.462. The first-order valence-corrected chi connectivity index (χ1v) is 8.46. The molecule has 0 aliphatic carbocycles. The topological polar surface area (TPSA) is 72.5 Å². The maximum atomic E-state index is 11.5. The molecule has 0 atom stereocenters. The standard InChI is InChI=1S/C13H18ClNO4S/c1-9(2)7-15-13(16)8-19-11-5-4-10(3)6-12(11)20(14,17)18/h4-6,9H,7-8H2,1-3H3,(H,15,16). The molecule has 1 N–H and O–H groups in total. The van der Waals surface area contributed by atoms with Gasteiger partial charge in [-0.2, -0.15) is 0 Å². The number of nitrogens with one attached hydrogen (secondary N) is 1. The van der Waals surface area contributed by atoms with Crippen molar-refractivity contribution in [2.45, 2.75) is 25.7 Å². The Morgan fingerprint density at radius 2 is 2.05 bits per heavy atom. The molecule has 0 bridgehead atoms. The van der Waals surface area contributed by atoms with Crippen LogP contribution in [0.1, 0.15) is 19.4 Å². The summed E-state index contributed by atoms with van der Waals surface area (Å²) in [5.74, 6) is 0.0968. The van der Waals surface area contributed by atoms with Crippen molar-refractivity contribution in [1.82, 2.24) is 5.32 Å². The average molecular weight is 320 g/mol. The highest BCUT2D eigenvalue weighted by Crippen LogP contribution is 2.27. The first-order valence-electron chi connectivity index (χ1n) is 6.15. The molecule has 0 spiro atoms. The van der Waals surface area contributed by atoms with Crippen molar-refractivity contribution in [2.24, 2.45) is 5.92 Å². The minimum Gasteiger partial charge on any atom is -0.482 e. The van der Waals surface area contributed by atoms with Crippen LogP contribution in [0.5, 0.6) is 5.75 Å². The molecule has 1 aromatic carbocycles. The van der Waals surface area contributed by atoms with Gasteiger partial charge in [0.2, 0.25) is 0 Å². The van der Waals surface area contributed by atoms with Crippen LogP contribution in [0.25, 0.3) is 0 Å². The molecule has 0 aromatic heterocycles. The molecule has 0 unspecified atom stereocenters. The Labute approximate surface area is 123 Å². The molecule has 0 aliphatic rings. The van der Waals surface area contributed by atoms with Gasteiger partial charge in [-0.25, -0.2) is 8.42 Å². The smallest absolute Gasteiger partial charge is 0.264 e. The maximum Gasteiger partial charge on any atom is 0.264 e. The second kappa shape index (κ2) is 6.95. The number of amides is 1. The predicted molar refractivity (Wildman–Crippen MR) is 77.6 cm³/mol. The Bertz CT molecular complexity index is 584. The third kappa shape index (κ3) is 5.38. The molecular formula is C13H18ClNO4S. The third-order valence-corrected chi connectivity index (χ3v) is 3.77. The Morgan fingerprint density at radius 1 is 1.40 bits per heavy atom. The highest BCUT2D eigenvalue weighted by atomic mass is 35.7. The van der Waals surface area contributed by atoms with E-state index in [-0.39, 0.29) is 23.2 Å². The lowest BCUT2D eigenvalue weighted by molar-refractivity contribution is -0.123. The predicted octanol–water partition coefficient (Wildman–Crippen LogP) is 2.07. The van der Waals surface area contributed by atoms with Gasteiger partial charge in [-0.3, -0.25) is 4.79 Å². The fourth-order valence-corrected chi connectivity index (χ4v) is 2.49. The van der Waals surface area contributed by atoms with Crippen LogP contribution in [0, 0.1) is 12.8 Å². The van der Waals surface area contributed by atoms with Gasteiger partial charge in [0.25, 0.3) is 15.0 Å². The number of halogens is 1. The number of ether oxygens (including phenoxy) is 1. The second-order valence-electron chi connectivity index (χ2n) is 4.87. The van der Waals surface area contributed by atoms with E-state index in [1.54, 1.807) is 13.0 Å². The molecule has 1 aromatic rings. The summed E-state index contributed by atoms with van der Waals surface area (Å²) in [6, 6.07) is 4.58. The van der Waals surface area contributed by atoms with Gasteiger partial charge >= 0.3 is 0 Å². The first kappa shape index (κ1) is 16.8. The van der Waals surface area contributed by atoms with Gasteiger partial charge < -0.3 is 10.1 Å². The lowest BCUT2D eigenvalue weighted by atomic mass is 10.2. The number of hydrogen-bond acceptors (Lipinski definition) is 4. The molecule has 0 aliphatic heterocycles. The van der Waals surface area contributed by atoms with Crippen LogP contribution in [0.15, 0.2) is 23.1 Å². The summed E-state index contributed by atoms with van der Waals surface area (Å²) in [4.78, 5) is 11.4. The highest BCUT2D eigenvalue weighted by Gasteiger charge is 2.18. The van der Waals surface area contributed by atoms with E-state index in [9.17, 15) is 13.2 Å². The van der Waals surface area contributed by atoms with Crippen molar-refractivity contribution < 1.29 is 17.9 Å². The van der Waals surface area contributed by atoms with Gasteiger partial charge in [0, 0.05) is 17.2 Å². The second-order valence-corrected chi connectivity index (χ2v) is 7.41. The van der Waals surface area contributed by atoms with E-state index >= 15 is 0 Å². The van der Waals surface area contributed by atoms with E-state index < -0.39 is 9.05 Å². The molecular weight excluding hydrogens is 302 g/mol. The zero-order chi connectivity index (χ0) is 15.3. The van der Waals surface area contributed by atoms with E-state index in [0.29, 0.717) is 12.5 Å². The third-order valence-electron chi connectivity index (χ3n) is 2.43. The van der Waals surface area contributed by atoms with Gasteiger partial charge in [-0.15, -0.1) is 0 Å². The summed E-state index contributed by atoms with van der Waals surface area (Å²) in [7, 11) is 1.43. The number of aryl methyl sites for hydroxylation is 1. The van der Waals surface area contributed by atoms with Crippen molar-refractivity contribution in [3.63, 3.8) is 0 Å². The van der Waals surface area contributed by atoms with E-state index in [0.717, 1.165) is 5.56 Å². The molecule has 0 heterocycles. The summed E-state index contributed by atoms with van der Waals surface area (Å²) >= 11 is 0. The number of carbonyl (C=O) groups is 1. The minimum absolute atomic E-state index is 0.0743. The number of hydrogen-bond donors (Lipinski definition) is 1. The van der Waals surface area contributed by atoms with Crippen molar-refractivity contribution >= 4 is 25.6 Å². The zero-order valence-electron chi connectivity index (χ0n) is 11.6. The average Bonchev–Trinajstić information content (AvgIpc) is 2.33. The van der Waals surface area contributed by atoms with E-state index in [2.05, 4.69) is 5.32 Å². The van der Waals surface area contributed by atoms with Crippen molar-refractivity contribution in [1.29, 1.82) is 0 Å². The zero-order valence-corrected chi connectivity index (χ0v) is 13.2. The van der Waals surface area contributed by atoms with Crippen LogP contribution in [-0.4, -0.2) is 27.5 Å². The van der Waals surface area contributed by atoms with Gasteiger partial charge in [-0.1, -0.05) is 19.9 Å². The van der Waals surface area contributed by atoms with Crippen LogP contribution in [0.4, 0.5) is 0 Å².